The van der Waals surface area contributed by atoms with Crippen molar-refractivity contribution in [3.05, 3.63) is 35.3 Å². The first-order valence-electron chi connectivity index (χ1n) is 7.30. The predicted octanol–water partition coefficient (Wildman–Crippen LogP) is 4.54. The van der Waals surface area contributed by atoms with E-state index in [9.17, 15) is 0 Å². The minimum Gasteiger partial charge on any atom is -0.304 e. The molecule has 3 aromatic heterocycles. The summed E-state index contributed by atoms with van der Waals surface area (Å²) in [5, 5.41) is 0. The molecular weight excluding hydrogens is 298 g/mol. The van der Waals surface area contributed by atoms with Crippen LogP contribution in [0.5, 0.6) is 0 Å². The fourth-order valence-electron chi connectivity index (χ4n) is 2.93. The van der Waals surface area contributed by atoms with Crippen LogP contribution in [0.1, 0.15) is 23.8 Å². The molecule has 0 saturated carbocycles. The first-order chi connectivity index (χ1) is 10.3. The lowest BCUT2D eigenvalue weighted by atomic mass is 10.2. The van der Waals surface area contributed by atoms with Crippen LogP contribution in [0.2, 0.25) is 0 Å². The van der Waals surface area contributed by atoms with Crippen LogP contribution < -0.4 is 0 Å². The highest BCUT2D eigenvalue weighted by atomic mass is 32.2. The van der Waals surface area contributed by atoms with E-state index in [4.69, 9.17) is 4.98 Å². The van der Waals surface area contributed by atoms with Crippen molar-refractivity contribution in [2.45, 2.75) is 25.8 Å². The highest BCUT2D eigenvalue weighted by Crippen LogP contribution is 2.36. The summed E-state index contributed by atoms with van der Waals surface area (Å²) in [7, 11) is 0. The number of nitrogens with zero attached hydrogens (tertiary/aromatic N) is 3. The summed E-state index contributed by atoms with van der Waals surface area (Å²) < 4.78 is 2.38. The Bertz CT molecular complexity index is 769. The molecule has 4 heterocycles. The molecule has 0 aromatic carbocycles. The number of hydrogen-bond acceptors (Lipinski definition) is 4. The van der Waals surface area contributed by atoms with Gasteiger partial charge in [0.1, 0.15) is 5.52 Å². The Kier molecular flexibility index (Phi) is 3.47. The van der Waals surface area contributed by atoms with Gasteiger partial charge < -0.3 is 4.57 Å². The minimum absolute atomic E-state index is 0.515. The molecule has 1 atom stereocenters. The zero-order valence-corrected chi connectivity index (χ0v) is 13.6. The normalized spacial score (nSPS) is 19.2. The Hall–Kier alpha value is -1.33. The minimum atomic E-state index is 0.515. The van der Waals surface area contributed by atoms with Gasteiger partial charge in [-0.1, -0.05) is 0 Å². The molecule has 0 radical (unpaired) electrons. The van der Waals surface area contributed by atoms with E-state index < -0.39 is 0 Å². The quantitative estimate of drug-likeness (QED) is 0.696. The van der Waals surface area contributed by atoms with Gasteiger partial charge in [0.15, 0.2) is 11.5 Å². The van der Waals surface area contributed by atoms with Crippen LogP contribution in [0.4, 0.5) is 0 Å². The molecule has 0 amide bonds. The predicted molar refractivity (Wildman–Crippen MR) is 91.2 cm³/mol. The van der Waals surface area contributed by atoms with Crippen LogP contribution in [-0.4, -0.2) is 26.0 Å². The molecule has 1 saturated heterocycles. The molecule has 3 nitrogen and oxygen atoms in total. The van der Waals surface area contributed by atoms with Crippen LogP contribution >= 0.6 is 23.1 Å². The number of aromatic nitrogens is 3. The Balaban J connectivity index is 1.92. The SMILES string of the molecule is Cc1ccc(-c2nc3cccnc3n2C2CCCSC2)s1. The van der Waals surface area contributed by atoms with E-state index >= 15 is 0 Å². The molecule has 0 bridgehead atoms. The topological polar surface area (TPSA) is 30.7 Å². The van der Waals surface area contributed by atoms with E-state index in [1.54, 1.807) is 0 Å². The van der Waals surface area contributed by atoms with Gasteiger partial charge in [0.2, 0.25) is 0 Å². The fraction of sp³-hybridized carbons (Fsp3) is 0.375. The summed E-state index contributed by atoms with van der Waals surface area (Å²) in [5.41, 5.74) is 2.04. The van der Waals surface area contributed by atoms with Gasteiger partial charge in [-0.05, 0) is 49.8 Å². The summed E-state index contributed by atoms with van der Waals surface area (Å²) >= 11 is 3.86. The lowest BCUT2D eigenvalue weighted by Gasteiger charge is -2.24. The number of pyridine rings is 1. The summed E-state index contributed by atoms with van der Waals surface area (Å²) in [5.74, 6) is 3.54. The Labute approximate surface area is 132 Å². The zero-order valence-electron chi connectivity index (χ0n) is 12.0. The van der Waals surface area contributed by atoms with Crippen molar-refractivity contribution in [1.29, 1.82) is 0 Å². The third-order valence-corrected chi connectivity index (χ3v) is 6.11. The average molecular weight is 315 g/mol. The van der Waals surface area contributed by atoms with Gasteiger partial charge in [-0.2, -0.15) is 11.8 Å². The van der Waals surface area contributed by atoms with Crippen LogP contribution in [0.3, 0.4) is 0 Å². The Morgan fingerprint density at radius 1 is 1.29 bits per heavy atom. The van der Waals surface area contributed by atoms with Gasteiger partial charge in [-0.3, -0.25) is 0 Å². The van der Waals surface area contributed by atoms with Crippen molar-refractivity contribution < 1.29 is 0 Å². The van der Waals surface area contributed by atoms with Gasteiger partial charge in [0.25, 0.3) is 0 Å². The first-order valence-corrected chi connectivity index (χ1v) is 9.27. The lowest BCUT2D eigenvalue weighted by molar-refractivity contribution is 0.513. The summed E-state index contributed by atoms with van der Waals surface area (Å²) in [4.78, 5) is 12.1. The number of fused-ring (bicyclic) bond motifs is 1. The monoisotopic (exact) mass is 315 g/mol. The standard InChI is InChI=1S/C16H17N3S2/c1-11-6-7-14(21-11)16-18-13-5-2-8-17-15(13)19(16)12-4-3-9-20-10-12/h2,5-8,12H,3-4,9-10H2,1H3. The largest absolute Gasteiger partial charge is 0.304 e. The van der Waals surface area contributed by atoms with Crippen molar-refractivity contribution in [2.75, 3.05) is 11.5 Å². The second kappa shape index (κ2) is 5.46. The second-order valence-corrected chi connectivity index (χ2v) is 7.87. The van der Waals surface area contributed by atoms with Crippen LogP contribution in [-0.2, 0) is 0 Å². The van der Waals surface area contributed by atoms with Crippen molar-refractivity contribution in [3.63, 3.8) is 0 Å². The summed E-state index contributed by atoms with van der Waals surface area (Å²) in [6.45, 7) is 2.15. The molecule has 1 aliphatic heterocycles. The van der Waals surface area contributed by atoms with Crippen LogP contribution in [0, 0.1) is 6.92 Å². The van der Waals surface area contributed by atoms with Gasteiger partial charge >= 0.3 is 0 Å². The molecular formula is C16H17N3S2. The average Bonchev–Trinajstić information content (AvgIpc) is 3.11. The van der Waals surface area contributed by atoms with Gasteiger partial charge in [-0.15, -0.1) is 11.3 Å². The van der Waals surface area contributed by atoms with E-state index in [-0.39, 0.29) is 0 Å². The maximum Gasteiger partial charge on any atom is 0.160 e. The third-order valence-electron chi connectivity index (χ3n) is 3.91. The molecule has 1 aliphatic rings. The van der Waals surface area contributed by atoms with Crippen molar-refractivity contribution in [3.8, 4) is 10.7 Å². The molecule has 108 valence electrons. The fourth-order valence-corrected chi connectivity index (χ4v) is 4.91. The van der Waals surface area contributed by atoms with Gasteiger partial charge in [0.05, 0.1) is 4.88 Å². The molecule has 4 rings (SSSR count). The number of aryl methyl sites for hydroxylation is 1. The molecule has 0 N–H and O–H groups in total. The van der Waals surface area contributed by atoms with Crippen LogP contribution in [0.25, 0.3) is 21.9 Å². The molecule has 0 aliphatic carbocycles. The number of hydrogen-bond donors (Lipinski definition) is 0. The molecule has 5 heteroatoms. The van der Waals surface area contributed by atoms with Crippen molar-refractivity contribution in [2.24, 2.45) is 0 Å². The lowest BCUT2D eigenvalue weighted by Crippen LogP contribution is -2.17. The highest BCUT2D eigenvalue weighted by Gasteiger charge is 2.23. The number of thiophene rings is 1. The summed E-state index contributed by atoms with van der Waals surface area (Å²) in [6, 6.07) is 8.92. The van der Waals surface area contributed by atoms with Gasteiger partial charge in [0, 0.05) is 22.9 Å². The van der Waals surface area contributed by atoms with E-state index in [2.05, 4.69) is 34.7 Å². The Morgan fingerprint density at radius 3 is 3.00 bits per heavy atom. The summed E-state index contributed by atoms with van der Waals surface area (Å²) in [6.07, 6.45) is 4.39. The van der Waals surface area contributed by atoms with Crippen molar-refractivity contribution in [1.82, 2.24) is 14.5 Å². The molecule has 3 aromatic rings. The molecule has 0 spiro atoms. The molecule has 1 unspecified atom stereocenters. The number of imidazole rings is 1. The third kappa shape index (κ3) is 2.38. The highest BCUT2D eigenvalue weighted by molar-refractivity contribution is 7.99. The first kappa shape index (κ1) is 13.3. The second-order valence-electron chi connectivity index (χ2n) is 5.43. The smallest absolute Gasteiger partial charge is 0.160 e. The van der Waals surface area contributed by atoms with E-state index in [0.717, 1.165) is 17.0 Å². The van der Waals surface area contributed by atoms with E-state index in [1.165, 1.54) is 34.1 Å². The zero-order chi connectivity index (χ0) is 14.2. The molecule has 21 heavy (non-hydrogen) atoms. The number of thioether (sulfide) groups is 1. The maximum atomic E-state index is 4.87. The van der Waals surface area contributed by atoms with Crippen LogP contribution in [0.15, 0.2) is 30.5 Å². The maximum absolute atomic E-state index is 4.87. The Morgan fingerprint density at radius 2 is 2.24 bits per heavy atom. The number of rotatable bonds is 2. The van der Waals surface area contributed by atoms with Crippen molar-refractivity contribution >= 4 is 34.3 Å². The van der Waals surface area contributed by atoms with Gasteiger partial charge in [-0.25, -0.2) is 9.97 Å². The molecule has 1 fully saturated rings. The van der Waals surface area contributed by atoms with E-state index in [1.807, 2.05) is 35.4 Å². The van der Waals surface area contributed by atoms with E-state index in [0.29, 0.717) is 6.04 Å².